The van der Waals surface area contributed by atoms with Gasteiger partial charge in [0, 0.05) is 11.1 Å². The SMILES string of the molecule is CCNC(Cc1ccc(Cl)c(Cl)c1)c1cccc(Cl)c1C. The van der Waals surface area contributed by atoms with Gasteiger partial charge >= 0.3 is 0 Å². The van der Waals surface area contributed by atoms with E-state index in [9.17, 15) is 0 Å². The quantitative estimate of drug-likeness (QED) is 0.719. The Hall–Kier alpha value is -0.730. The first-order valence-electron chi connectivity index (χ1n) is 6.95. The Morgan fingerprint density at radius 1 is 1.00 bits per heavy atom. The largest absolute Gasteiger partial charge is 0.310 e. The Balaban J connectivity index is 2.30. The number of benzene rings is 2. The summed E-state index contributed by atoms with van der Waals surface area (Å²) in [5.74, 6) is 0. The van der Waals surface area contributed by atoms with Crippen molar-refractivity contribution < 1.29 is 0 Å². The van der Waals surface area contributed by atoms with Gasteiger partial charge in [0.25, 0.3) is 0 Å². The van der Waals surface area contributed by atoms with Crippen LogP contribution >= 0.6 is 34.8 Å². The lowest BCUT2D eigenvalue weighted by atomic mass is 9.95. The second kappa shape index (κ2) is 7.51. The van der Waals surface area contributed by atoms with Crippen LogP contribution in [0.25, 0.3) is 0 Å². The summed E-state index contributed by atoms with van der Waals surface area (Å²) < 4.78 is 0. The molecule has 0 bridgehead atoms. The summed E-state index contributed by atoms with van der Waals surface area (Å²) in [6.45, 7) is 5.04. The number of hydrogen-bond acceptors (Lipinski definition) is 1. The van der Waals surface area contributed by atoms with Crippen LogP contribution < -0.4 is 5.32 Å². The molecule has 1 N–H and O–H groups in total. The maximum absolute atomic E-state index is 6.24. The lowest BCUT2D eigenvalue weighted by Gasteiger charge is -2.21. The Bertz CT molecular complexity index is 625. The van der Waals surface area contributed by atoms with Gasteiger partial charge in [-0.15, -0.1) is 0 Å². The average molecular weight is 343 g/mol. The molecular formula is C17H18Cl3N. The highest BCUT2D eigenvalue weighted by Gasteiger charge is 2.15. The predicted molar refractivity (Wildman–Crippen MR) is 92.8 cm³/mol. The molecule has 21 heavy (non-hydrogen) atoms. The standard InChI is InChI=1S/C17H18Cl3N/c1-3-21-17(13-5-4-6-14(18)11(13)2)10-12-7-8-15(19)16(20)9-12/h4-9,17,21H,3,10H2,1-2H3. The summed E-state index contributed by atoms with van der Waals surface area (Å²) in [6.07, 6.45) is 0.839. The van der Waals surface area contributed by atoms with Crippen LogP contribution in [0.3, 0.4) is 0 Å². The van der Waals surface area contributed by atoms with Crippen molar-refractivity contribution >= 4 is 34.8 Å². The first kappa shape index (κ1) is 16.6. The molecule has 0 fully saturated rings. The van der Waals surface area contributed by atoms with Gasteiger partial charge in [-0.3, -0.25) is 0 Å². The van der Waals surface area contributed by atoms with Crippen LogP contribution in [0.15, 0.2) is 36.4 Å². The van der Waals surface area contributed by atoms with Gasteiger partial charge in [0.2, 0.25) is 0 Å². The summed E-state index contributed by atoms with van der Waals surface area (Å²) in [4.78, 5) is 0. The molecule has 0 heterocycles. The highest BCUT2D eigenvalue weighted by atomic mass is 35.5. The zero-order valence-electron chi connectivity index (χ0n) is 12.1. The second-order valence-corrected chi connectivity index (χ2v) is 6.24. The summed E-state index contributed by atoms with van der Waals surface area (Å²) in [6, 6.07) is 12.0. The number of hydrogen-bond donors (Lipinski definition) is 1. The van der Waals surface area contributed by atoms with E-state index in [1.807, 2.05) is 30.3 Å². The summed E-state index contributed by atoms with van der Waals surface area (Å²) in [7, 11) is 0. The van der Waals surface area contributed by atoms with Crippen LogP contribution in [0.1, 0.15) is 29.7 Å². The van der Waals surface area contributed by atoms with Crippen molar-refractivity contribution in [2.24, 2.45) is 0 Å². The Morgan fingerprint density at radius 2 is 1.76 bits per heavy atom. The van der Waals surface area contributed by atoms with E-state index in [4.69, 9.17) is 34.8 Å². The van der Waals surface area contributed by atoms with Gasteiger partial charge in [-0.1, -0.05) is 59.9 Å². The molecule has 0 radical (unpaired) electrons. The molecule has 2 aromatic rings. The Kier molecular flexibility index (Phi) is 5.95. The van der Waals surface area contributed by atoms with E-state index >= 15 is 0 Å². The van der Waals surface area contributed by atoms with Crippen LogP contribution in [-0.2, 0) is 6.42 Å². The topological polar surface area (TPSA) is 12.0 Å². The van der Waals surface area contributed by atoms with Crippen LogP contribution in [0.5, 0.6) is 0 Å². The van der Waals surface area contributed by atoms with Crippen molar-refractivity contribution in [3.8, 4) is 0 Å². The van der Waals surface area contributed by atoms with Crippen LogP contribution in [0.2, 0.25) is 15.1 Å². The van der Waals surface area contributed by atoms with Crippen LogP contribution in [-0.4, -0.2) is 6.54 Å². The van der Waals surface area contributed by atoms with Crippen LogP contribution in [0.4, 0.5) is 0 Å². The number of nitrogens with one attached hydrogen (secondary N) is 1. The van der Waals surface area contributed by atoms with Gasteiger partial charge in [-0.05, 0) is 54.8 Å². The van der Waals surface area contributed by atoms with Crippen molar-refractivity contribution in [3.63, 3.8) is 0 Å². The summed E-state index contributed by atoms with van der Waals surface area (Å²) >= 11 is 18.3. The zero-order valence-corrected chi connectivity index (χ0v) is 14.4. The van der Waals surface area contributed by atoms with Gasteiger partial charge in [0.1, 0.15) is 0 Å². The monoisotopic (exact) mass is 341 g/mol. The highest BCUT2D eigenvalue weighted by Crippen LogP contribution is 2.29. The first-order chi connectivity index (χ1) is 10.0. The first-order valence-corrected chi connectivity index (χ1v) is 8.08. The van der Waals surface area contributed by atoms with Crippen LogP contribution in [0, 0.1) is 6.92 Å². The number of likely N-dealkylation sites (N-methyl/N-ethyl adjacent to an activating group) is 1. The van der Waals surface area contributed by atoms with Crippen molar-refractivity contribution in [2.75, 3.05) is 6.54 Å². The van der Waals surface area contributed by atoms with Gasteiger partial charge in [-0.25, -0.2) is 0 Å². The maximum atomic E-state index is 6.24. The third-order valence-electron chi connectivity index (χ3n) is 3.56. The molecule has 0 aliphatic heterocycles. The molecule has 0 spiro atoms. The van der Waals surface area contributed by atoms with E-state index in [0.717, 1.165) is 29.1 Å². The minimum absolute atomic E-state index is 0.200. The second-order valence-electron chi connectivity index (χ2n) is 5.02. The van der Waals surface area contributed by atoms with E-state index in [1.165, 1.54) is 5.56 Å². The summed E-state index contributed by atoms with van der Waals surface area (Å²) in [5, 5.41) is 5.48. The molecule has 1 atom stereocenters. The van der Waals surface area contributed by atoms with E-state index in [0.29, 0.717) is 10.0 Å². The van der Waals surface area contributed by atoms with Crippen molar-refractivity contribution in [1.29, 1.82) is 0 Å². The van der Waals surface area contributed by atoms with E-state index in [2.05, 4.69) is 25.2 Å². The lowest BCUT2D eigenvalue weighted by molar-refractivity contribution is 0.547. The molecule has 1 unspecified atom stereocenters. The van der Waals surface area contributed by atoms with Crippen molar-refractivity contribution in [2.45, 2.75) is 26.3 Å². The molecule has 0 amide bonds. The normalized spacial score (nSPS) is 12.4. The molecular weight excluding hydrogens is 325 g/mol. The number of rotatable bonds is 5. The van der Waals surface area contributed by atoms with E-state index < -0.39 is 0 Å². The number of halogens is 3. The van der Waals surface area contributed by atoms with Gasteiger partial charge < -0.3 is 5.32 Å². The lowest BCUT2D eigenvalue weighted by Crippen LogP contribution is -2.23. The molecule has 4 heteroatoms. The Labute approximate surface area is 141 Å². The van der Waals surface area contributed by atoms with Gasteiger partial charge in [0.05, 0.1) is 10.0 Å². The molecule has 0 aliphatic rings. The smallest absolute Gasteiger partial charge is 0.0595 e. The fraction of sp³-hybridized carbons (Fsp3) is 0.294. The summed E-state index contributed by atoms with van der Waals surface area (Å²) in [5.41, 5.74) is 3.48. The van der Waals surface area contributed by atoms with Crippen molar-refractivity contribution in [3.05, 3.63) is 68.2 Å². The third-order valence-corrected chi connectivity index (χ3v) is 4.71. The highest BCUT2D eigenvalue weighted by molar-refractivity contribution is 6.42. The van der Waals surface area contributed by atoms with Gasteiger partial charge in [0.15, 0.2) is 0 Å². The minimum atomic E-state index is 0.200. The minimum Gasteiger partial charge on any atom is -0.310 e. The van der Waals surface area contributed by atoms with Gasteiger partial charge in [-0.2, -0.15) is 0 Å². The molecule has 2 rings (SSSR count). The zero-order chi connectivity index (χ0) is 15.4. The molecule has 0 saturated carbocycles. The fourth-order valence-corrected chi connectivity index (χ4v) is 2.94. The molecule has 0 aliphatic carbocycles. The predicted octanol–water partition coefficient (Wildman–Crippen LogP) is 5.85. The molecule has 0 aromatic heterocycles. The molecule has 112 valence electrons. The van der Waals surface area contributed by atoms with E-state index in [-0.39, 0.29) is 6.04 Å². The third kappa shape index (κ3) is 4.14. The molecule has 0 saturated heterocycles. The van der Waals surface area contributed by atoms with E-state index in [1.54, 1.807) is 0 Å². The van der Waals surface area contributed by atoms with Crippen molar-refractivity contribution in [1.82, 2.24) is 5.32 Å². The molecule has 1 nitrogen and oxygen atoms in total. The molecule has 2 aromatic carbocycles. The Morgan fingerprint density at radius 3 is 2.43 bits per heavy atom. The maximum Gasteiger partial charge on any atom is 0.0595 e. The average Bonchev–Trinajstić information content (AvgIpc) is 2.45. The fourth-order valence-electron chi connectivity index (χ4n) is 2.44.